The van der Waals surface area contributed by atoms with Crippen molar-refractivity contribution in [3.63, 3.8) is 0 Å². The number of amides is 2. The van der Waals surface area contributed by atoms with Gasteiger partial charge in [-0.05, 0) is 44.6 Å². The lowest BCUT2D eigenvalue weighted by Crippen LogP contribution is -2.49. The summed E-state index contributed by atoms with van der Waals surface area (Å²) < 4.78 is 5.07. The number of likely N-dealkylation sites (N-methyl/N-ethyl adjacent to an activating group) is 1. The number of nitrogens with zero attached hydrogens (tertiary/aromatic N) is 1. The number of carbonyl (C=O) groups excluding carboxylic acids is 1. The van der Waals surface area contributed by atoms with Crippen LogP contribution in [0.5, 0.6) is 0 Å². The minimum absolute atomic E-state index is 0.0222. The Hall–Kier alpha value is -0.810. The number of ether oxygens (including phenoxy) is 1. The average Bonchev–Trinajstić information content (AvgIpc) is 3.23. The summed E-state index contributed by atoms with van der Waals surface area (Å²) in [5, 5.41) is 6.36. The topological polar surface area (TPSA) is 53.6 Å². The molecule has 5 nitrogen and oxygen atoms in total. The normalized spacial score (nSPS) is 19.8. The van der Waals surface area contributed by atoms with E-state index >= 15 is 0 Å². The summed E-state index contributed by atoms with van der Waals surface area (Å²) in [5.74, 6) is 1.40. The third-order valence-corrected chi connectivity index (χ3v) is 5.57. The quantitative estimate of drug-likeness (QED) is 0.685. The van der Waals surface area contributed by atoms with Crippen molar-refractivity contribution in [2.45, 2.75) is 57.4 Å². The molecule has 2 aliphatic rings. The lowest BCUT2D eigenvalue weighted by atomic mass is 9.86. The van der Waals surface area contributed by atoms with E-state index in [1.54, 1.807) is 7.11 Å². The van der Waals surface area contributed by atoms with Crippen LogP contribution in [0.1, 0.15) is 51.4 Å². The highest BCUT2D eigenvalue weighted by molar-refractivity contribution is 5.74. The Labute approximate surface area is 141 Å². The van der Waals surface area contributed by atoms with Crippen molar-refractivity contribution in [2.24, 2.45) is 11.8 Å². The van der Waals surface area contributed by atoms with Crippen LogP contribution in [0.25, 0.3) is 0 Å². The van der Waals surface area contributed by atoms with Gasteiger partial charge < -0.3 is 20.3 Å². The van der Waals surface area contributed by atoms with E-state index in [0.717, 1.165) is 19.7 Å². The molecule has 2 fully saturated rings. The number of hydrogen-bond donors (Lipinski definition) is 2. The number of methoxy groups -OCH3 is 1. The van der Waals surface area contributed by atoms with Gasteiger partial charge in [-0.15, -0.1) is 0 Å². The lowest BCUT2D eigenvalue weighted by molar-refractivity contribution is 0.161. The molecule has 0 bridgehead atoms. The van der Waals surface area contributed by atoms with E-state index < -0.39 is 0 Å². The molecule has 2 aliphatic carbocycles. The van der Waals surface area contributed by atoms with Crippen LogP contribution in [0.15, 0.2) is 0 Å². The van der Waals surface area contributed by atoms with Gasteiger partial charge in [0.15, 0.2) is 0 Å². The lowest BCUT2D eigenvalue weighted by Gasteiger charge is -2.30. The van der Waals surface area contributed by atoms with E-state index in [0.29, 0.717) is 24.4 Å². The van der Waals surface area contributed by atoms with Crippen molar-refractivity contribution in [1.29, 1.82) is 0 Å². The van der Waals surface area contributed by atoms with Crippen LogP contribution >= 0.6 is 0 Å². The molecule has 0 unspecified atom stereocenters. The third-order valence-electron chi connectivity index (χ3n) is 5.57. The molecule has 134 valence electrons. The van der Waals surface area contributed by atoms with Gasteiger partial charge in [0.2, 0.25) is 0 Å². The van der Waals surface area contributed by atoms with Gasteiger partial charge in [-0.1, -0.05) is 25.7 Å². The highest BCUT2D eigenvalue weighted by Gasteiger charge is 2.34. The zero-order valence-corrected chi connectivity index (χ0v) is 15.0. The monoisotopic (exact) mass is 325 g/mol. The second kappa shape index (κ2) is 10.1. The molecular formula is C18H35N3O2. The van der Waals surface area contributed by atoms with Crippen molar-refractivity contribution >= 4 is 6.03 Å². The van der Waals surface area contributed by atoms with E-state index in [2.05, 4.69) is 22.6 Å². The van der Waals surface area contributed by atoms with Gasteiger partial charge in [0.05, 0.1) is 6.61 Å². The highest BCUT2D eigenvalue weighted by Crippen LogP contribution is 2.37. The van der Waals surface area contributed by atoms with Gasteiger partial charge in [0.25, 0.3) is 0 Å². The first-order valence-electron chi connectivity index (χ1n) is 9.42. The average molecular weight is 325 g/mol. The molecule has 0 aromatic heterocycles. The summed E-state index contributed by atoms with van der Waals surface area (Å²) >= 11 is 0. The Morgan fingerprint density at radius 3 is 2.17 bits per heavy atom. The standard InChI is InChI=1S/C18H35N3O2/c1-21(13-14-23-2)12-11-19-18(22)20-17(15-7-3-4-8-15)16-9-5-6-10-16/h15-17H,3-14H2,1-2H3,(H2,19,20,22). The summed E-state index contributed by atoms with van der Waals surface area (Å²) in [7, 11) is 3.77. The van der Waals surface area contributed by atoms with E-state index in [9.17, 15) is 4.79 Å². The van der Waals surface area contributed by atoms with E-state index in [1.165, 1.54) is 51.4 Å². The van der Waals surface area contributed by atoms with Gasteiger partial charge in [-0.3, -0.25) is 0 Å². The summed E-state index contributed by atoms with van der Waals surface area (Å²) in [6.07, 6.45) is 10.5. The largest absolute Gasteiger partial charge is 0.383 e. The molecule has 0 radical (unpaired) electrons. The van der Waals surface area contributed by atoms with E-state index in [4.69, 9.17) is 4.74 Å². The van der Waals surface area contributed by atoms with Crippen molar-refractivity contribution in [2.75, 3.05) is 40.4 Å². The molecule has 2 rings (SSSR count). The zero-order chi connectivity index (χ0) is 16.5. The molecule has 0 spiro atoms. The molecule has 0 aromatic rings. The minimum atomic E-state index is 0.0222. The van der Waals surface area contributed by atoms with Crippen molar-refractivity contribution in [3.05, 3.63) is 0 Å². The number of hydrogen-bond acceptors (Lipinski definition) is 3. The van der Waals surface area contributed by atoms with Gasteiger partial charge in [0, 0.05) is 32.8 Å². The number of carbonyl (C=O) groups is 1. The molecule has 23 heavy (non-hydrogen) atoms. The number of rotatable bonds is 9. The predicted molar refractivity (Wildman–Crippen MR) is 93.6 cm³/mol. The van der Waals surface area contributed by atoms with Crippen LogP contribution in [-0.2, 0) is 4.74 Å². The summed E-state index contributed by atoms with van der Waals surface area (Å²) in [5.41, 5.74) is 0. The first-order chi connectivity index (χ1) is 11.2. The van der Waals surface area contributed by atoms with Crippen LogP contribution in [0.3, 0.4) is 0 Å². The smallest absolute Gasteiger partial charge is 0.315 e. The van der Waals surface area contributed by atoms with Gasteiger partial charge in [-0.25, -0.2) is 4.79 Å². The Bertz CT molecular complexity index is 323. The van der Waals surface area contributed by atoms with Crippen LogP contribution < -0.4 is 10.6 Å². The van der Waals surface area contributed by atoms with Crippen molar-refractivity contribution < 1.29 is 9.53 Å². The Morgan fingerprint density at radius 2 is 1.65 bits per heavy atom. The van der Waals surface area contributed by atoms with Crippen LogP contribution in [0.4, 0.5) is 4.79 Å². The van der Waals surface area contributed by atoms with Gasteiger partial charge in [-0.2, -0.15) is 0 Å². The summed E-state index contributed by atoms with van der Waals surface area (Å²) in [4.78, 5) is 14.5. The van der Waals surface area contributed by atoms with E-state index in [-0.39, 0.29) is 6.03 Å². The molecule has 5 heteroatoms. The Balaban J connectivity index is 1.71. The number of urea groups is 1. The summed E-state index contributed by atoms with van der Waals surface area (Å²) in [6, 6.07) is 0.417. The fourth-order valence-corrected chi connectivity index (χ4v) is 4.18. The van der Waals surface area contributed by atoms with Crippen molar-refractivity contribution in [3.8, 4) is 0 Å². The zero-order valence-electron chi connectivity index (χ0n) is 15.0. The fourth-order valence-electron chi connectivity index (χ4n) is 4.18. The molecule has 2 saturated carbocycles. The Kier molecular flexibility index (Phi) is 8.17. The molecule has 2 amide bonds. The highest BCUT2D eigenvalue weighted by atomic mass is 16.5. The molecule has 0 aromatic carbocycles. The molecule has 0 heterocycles. The molecule has 0 atom stereocenters. The van der Waals surface area contributed by atoms with Gasteiger partial charge >= 0.3 is 6.03 Å². The second-order valence-corrected chi connectivity index (χ2v) is 7.31. The van der Waals surface area contributed by atoms with Crippen LogP contribution in [0, 0.1) is 11.8 Å². The maximum absolute atomic E-state index is 12.3. The molecular weight excluding hydrogens is 290 g/mol. The third kappa shape index (κ3) is 6.30. The number of nitrogens with one attached hydrogen (secondary N) is 2. The fraction of sp³-hybridized carbons (Fsp3) is 0.944. The maximum atomic E-state index is 12.3. The molecule has 2 N–H and O–H groups in total. The predicted octanol–water partition coefficient (Wildman–Crippen LogP) is 2.61. The first kappa shape index (κ1) is 18.5. The molecule has 0 aliphatic heterocycles. The van der Waals surface area contributed by atoms with Crippen LogP contribution in [-0.4, -0.2) is 57.4 Å². The second-order valence-electron chi connectivity index (χ2n) is 7.31. The summed E-state index contributed by atoms with van der Waals surface area (Å²) in [6.45, 7) is 3.17. The van der Waals surface area contributed by atoms with Gasteiger partial charge in [0.1, 0.15) is 0 Å². The SMILES string of the molecule is COCCN(C)CCNC(=O)NC(C1CCCC1)C1CCCC1. The van der Waals surface area contributed by atoms with E-state index in [1.807, 2.05) is 0 Å². The molecule has 0 saturated heterocycles. The Morgan fingerprint density at radius 1 is 1.09 bits per heavy atom. The minimum Gasteiger partial charge on any atom is -0.383 e. The van der Waals surface area contributed by atoms with Crippen molar-refractivity contribution in [1.82, 2.24) is 15.5 Å². The van der Waals surface area contributed by atoms with Crippen LogP contribution in [0.2, 0.25) is 0 Å². The maximum Gasteiger partial charge on any atom is 0.315 e. The first-order valence-corrected chi connectivity index (χ1v) is 9.42.